The molecule has 15 heavy (non-hydrogen) atoms. The zero-order valence-corrected chi connectivity index (χ0v) is 9.00. The van der Waals surface area contributed by atoms with Crippen molar-refractivity contribution in [3.05, 3.63) is 40.9 Å². The van der Waals surface area contributed by atoms with Gasteiger partial charge in [0.25, 0.3) is 0 Å². The molecule has 0 spiro atoms. The molecule has 0 bridgehead atoms. The maximum Gasteiger partial charge on any atom is 0.135 e. The van der Waals surface area contributed by atoms with Crippen LogP contribution in [0, 0.1) is 0 Å². The van der Waals surface area contributed by atoms with Gasteiger partial charge < -0.3 is 5.11 Å². The summed E-state index contributed by atoms with van der Waals surface area (Å²) < 4.78 is 0. The molecule has 0 unspecified atom stereocenters. The minimum atomic E-state index is -0.0396. The molecule has 0 radical (unpaired) electrons. The fourth-order valence-electron chi connectivity index (χ4n) is 1.20. The third kappa shape index (κ3) is 2.03. The quantitative estimate of drug-likeness (QED) is 0.833. The molecule has 0 amide bonds. The smallest absolute Gasteiger partial charge is 0.135 e. The lowest BCUT2D eigenvalue weighted by molar-refractivity contribution is 0.475. The number of aromatic nitrogens is 2. The van der Waals surface area contributed by atoms with Gasteiger partial charge in [-0.3, -0.25) is 0 Å². The minimum absolute atomic E-state index is 0.0396. The maximum atomic E-state index is 9.32. The third-order valence-corrected chi connectivity index (χ3v) is 2.52. The van der Waals surface area contributed by atoms with Crippen molar-refractivity contribution in [2.24, 2.45) is 0 Å². The first-order valence-electron chi connectivity index (χ1n) is 4.12. The number of rotatable bonds is 1. The summed E-state index contributed by atoms with van der Waals surface area (Å²) in [6.45, 7) is 0. The van der Waals surface area contributed by atoms with Crippen molar-refractivity contribution in [1.82, 2.24) is 9.97 Å². The lowest BCUT2D eigenvalue weighted by Gasteiger charge is -2.05. The van der Waals surface area contributed by atoms with Crippen molar-refractivity contribution >= 4 is 23.2 Å². The van der Waals surface area contributed by atoms with E-state index in [0.717, 1.165) is 5.56 Å². The largest absolute Gasteiger partial charge is 0.506 e. The molecule has 3 nitrogen and oxygen atoms in total. The van der Waals surface area contributed by atoms with Crippen LogP contribution in [0.4, 0.5) is 0 Å². The van der Waals surface area contributed by atoms with Gasteiger partial charge in [-0.2, -0.15) is 0 Å². The van der Waals surface area contributed by atoms with Crippen LogP contribution in [-0.4, -0.2) is 15.1 Å². The van der Waals surface area contributed by atoms with E-state index in [9.17, 15) is 5.11 Å². The number of nitrogens with zero attached hydrogens (tertiary/aromatic N) is 2. The Morgan fingerprint density at radius 3 is 2.33 bits per heavy atom. The summed E-state index contributed by atoms with van der Waals surface area (Å²) in [5.74, 6) is -0.0396. The standard InChI is InChI=1S/C10H6Cl2N2O/c11-8-2-10(15)9(12)1-7(8)6-3-13-5-14-4-6/h1-5,15H. The summed E-state index contributed by atoms with van der Waals surface area (Å²) in [4.78, 5) is 7.76. The van der Waals surface area contributed by atoms with Crippen molar-refractivity contribution in [3.63, 3.8) is 0 Å². The van der Waals surface area contributed by atoms with Gasteiger partial charge in [0.15, 0.2) is 0 Å². The second-order valence-electron chi connectivity index (χ2n) is 2.91. The van der Waals surface area contributed by atoms with Gasteiger partial charge in [0, 0.05) is 29.6 Å². The lowest BCUT2D eigenvalue weighted by Crippen LogP contribution is -1.84. The maximum absolute atomic E-state index is 9.32. The first-order valence-corrected chi connectivity index (χ1v) is 4.87. The van der Waals surface area contributed by atoms with Gasteiger partial charge in [0.2, 0.25) is 0 Å². The highest BCUT2D eigenvalue weighted by molar-refractivity contribution is 6.36. The number of benzene rings is 1. The fraction of sp³-hybridized carbons (Fsp3) is 0. The van der Waals surface area contributed by atoms with Crippen LogP contribution >= 0.6 is 23.2 Å². The van der Waals surface area contributed by atoms with Gasteiger partial charge >= 0.3 is 0 Å². The van der Waals surface area contributed by atoms with Crippen LogP contribution in [0.2, 0.25) is 10.0 Å². The van der Waals surface area contributed by atoms with E-state index in [1.807, 2.05) is 0 Å². The fourth-order valence-corrected chi connectivity index (χ4v) is 1.63. The van der Waals surface area contributed by atoms with Gasteiger partial charge in [-0.25, -0.2) is 9.97 Å². The Morgan fingerprint density at radius 1 is 1.00 bits per heavy atom. The zero-order valence-electron chi connectivity index (χ0n) is 7.48. The second-order valence-corrected chi connectivity index (χ2v) is 3.73. The molecule has 1 aromatic heterocycles. The van der Waals surface area contributed by atoms with Crippen LogP contribution in [0.3, 0.4) is 0 Å². The normalized spacial score (nSPS) is 10.3. The molecule has 0 atom stereocenters. The Kier molecular flexibility index (Phi) is 2.75. The Bertz CT molecular complexity index is 488. The summed E-state index contributed by atoms with van der Waals surface area (Å²) in [6.07, 6.45) is 4.68. The average molecular weight is 241 g/mol. The van der Waals surface area contributed by atoms with E-state index in [1.54, 1.807) is 18.5 Å². The van der Waals surface area contributed by atoms with E-state index >= 15 is 0 Å². The molecule has 0 aliphatic rings. The molecule has 1 aromatic carbocycles. The molecule has 2 aromatic rings. The molecule has 2 rings (SSSR count). The van der Waals surface area contributed by atoms with Gasteiger partial charge in [0.05, 0.1) is 10.0 Å². The predicted molar refractivity (Wildman–Crippen MR) is 59.2 cm³/mol. The summed E-state index contributed by atoms with van der Waals surface area (Å²) in [5, 5.41) is 9.98. The minimum Gasteiger partial charge on any atom is -0.506 e. The number of hydrogen-bond donors (Lipinski definition) is 1. The van der Waals surface area contributed by atoms with Crippen LogP contribution in [-0.2, 0) is 0 Å². The highest BCUT2D eigenvalue weighted by atomic mass is 35.5. The number of halogens is 2. The van der Waals surface area contributed by atoms with Gasteiger partial charge in [-0.15, -0.1) is 0 Å². The molecule has 1 heterocycles. The van der Waals surface area contributed by atoms with Crippen LogP contribution in [0.1, 0.15) is 0 Å². The molecule has 0 saturated carbocycles. The summed E-state index contributed by atoms with van der Waals surface area (Å²) in [6, 6.07) is 2.98. The average Bonchev–Trinajstić information content (AvgIpc) is 2.25. The lowest BCUT2D eigenvalue weighted by atomic mass is 10.1. The number of phenolic OH excluding ortho intramolecular Hbond substituents is 1. The highest BCUT2D eigenvalue weighted by Crippen LogP contribution is 2.35. The first-order chi connectivity index (χ1) is 7.18. The van der Waals surface area contributed by atoms with E-state index in [4.69, 9.17) is 23.2 Å². The molecule has 76 valence electrons. The number of hydrogen-bond acceptors (Lipinski definition) is 3. The van der Waals surface area contributed by atoms with Gasteiger partial charge in [-0.1, -0.05) is 23.2 Å². The number of aromatic hydroxyl groups is 1. The van der Waals surface area contributed by atoms with Crippen molar-refractivity contribution < 1.29 is 5.11 Å². The van der Waals surface area contributed by atoms with Crippen LogP contribution in [0.15, 0.2) is 30.9 Å². The van der Waals surface area contributed by atoms with Crippen molar-refractivity contribution in [1.29, 1.82) is 0 Å². The molecular formula is C10H6Cl2N2O. The SMILES string of the molecule is Oc1cc(Cl)c(-c2cncnc2)cc1Cl. The Labute approximate surface area is 96.3 Å². The topological polar surface area (TPSA) is 46.0 Å². The molecule has 0 aliphatic carbocycles. The molecule has 1 N–H and O–H groups in total. The predicted octanol–water partition coefficient (Wildman–Crippen LogP) is 3.16. The Morgan fingerprint density at radius 2 is 1.67 bits per heavy atom. The summed E-state index contributed by atoms with van der Waals surface area (Å²) >= 11 is 11.7. The monoisotopic (exact) mass is 240 g/mol. The van der Waals surface area contributed by atoms with E-state index in [0.29, 0.717) is 10.6 Å². The molecular weight excluding hydrogens is 235 g/mol. The van der Waals surface area contributed by atoms with Gasteiger partial charge in [-0.05, 0) is 6.07 Å². The van der Waals surface area contributed by atoms with E-state index in [2.05, 4.69) is 9.97 Å². The summed E-state index contributed by atoms with van der Waals surface area (Å²) in [7, 11) is 0. The second kappa shape index (κ2) is 4.04. The third-order valence-electron chi connectivity index (χ3n) is 1.91. The molecule has 0 fully saturated rings. The molecule has 0 saturated heterocycles. The van der Waals surface area contributed by atoms with Crippen LogP contribution < -0.4 is 0 Å². The zero-order chi connectivity index (χ0) is 10.8. The van der Waals surface area contributed by atoms with Crippen LogP contribution in [0.25, 0.3) is 11.1 Å². The van der Waals surface area contributed by atoms with Gasteiger partial charge in [0.1, 0.15) is 12.1 Å². The van der Waals surface area contributed by atoms with E-state index < -0.39 is 0 Å². The van der Waals surface area contributed by atoms with Crippen molar-refractivity contribution in [3.8, 4) is 16.9 Å². The Hall–Kier alpha value is -1.32. The summed E-state index contributed by atoms with van der Waals surface area (Å²) in [5.41, 5.74) is 1.45. The highest BCUT2D eigenvalue weighted by Gasteiger charge is 2.08. The van der Waals surface area contributed by atoms with E-state index in [1.165, 1.54) is 12.4 Å². The number of phenols is 1. The van der Waals surface area contributed by atoms with Crippen LogP contribution in [0.5, 0.6) is 5.75 Å². The van der Waals surface area contributed by atoms with Crippen molar-refractivity contribution in [2.75, 3.05) is 0 Å². The van der Waals surface area contributed by atoms with Crippen molar-refractivity contribution in [2.45, 2.75) is 0 Å². The molecule has 0 aliphatic heterocycles. The van der Waals surface area contributed by atoms with E-state index in [-0.39, 0.29) is 10.8 Å². The Balaban J connectivity index is 2.59. The molecule has 5 heteroatoms. The first kappa shape index (κ1) is 10.2.